The van der Waals surface area contributed by atoms with Crippen LogP contribution in [0.15, 0.2) is 17.5 Å². The maximum absolute atomic E-state index is 10.2. The van der Waals surface area contributed by atoms with E-state index < -0.39 is 5.60 Å². The van der Waals surface area contributed by atoms with E-state index in [1.807, 2.05) is 24.4 Å². The Morgan fingerprint density at radius 1 is 1.67 bits per heavy atom. The van der Waals surface area contributed by atoms with Gasteiger partial charge in [0.05, 0.1) is 5.60 Å². The standard InChI is InChI=1S/C10H16OS/c1-4-8(2)10(3,11)9-6-5-7-12-9/h5-8,11H,4H2,1-3H3. The summed E-state index contributed by atoms with van der Waals surface area (Å²) in [6.45, 7) is 6.08. The average Bonchev–Trinajstić information content (AvgIpc) is 2.55. The normalized spacial score (nSPS) is 18.7. The zero-order valence-electron chi connectivity index (χ0n) is 7.87. The van der Waals surface area contributed by atoms with Crippen molar-refractivity contribution >= 4 is 11.3 Å². The summed E-state index contributed by atoms with van der Waals surface area (Å²) in [6.07, 6.45) is 1.00. The zero-order valence-corrected chi connectivity index (χ0v) is 8.69. The van der Waals surface area contributed by atoms with E-state index in [0.29, 0.717) is 5.92 Å². The molecule has 0 saturated heterocycles. The molecule has 0 spiro atoms. The summed E-state index contributed by atoms with van der Waals surface area (Å²) in [5, 5.41) is 12.2. The highest BCUT2D eigenvalue weighted by atomic mass is 32.1. The van der Waals surface area contributed by atoms with Gasteiger partial charge in [0, 0.05) is 4.88 Å². The van der Waals surface area contributed by atoms with Crippen molar-refractivity contribution in [2.24, 2.45) is 5.92 Å². The topological polar surface area (TPSA) is 20.2 Å². The summed E-state index contributed by atoms with van der Waals surface area (Å²) in [5.41, 5.74) is -0.650. The molecule has 2 unspecified atom stereocenters. The molecule has 0 fully saturated rings. The number of rotatable bonds is 3. The molecule has 2 atom stereocenters. The Balaban J connectivity index is 2.85. The first-order valence-corrected chi connectivity index (χ1v) is 5.23. The van der Waals surface area contributed by atoms with Gasteiger partial charge in [0.25, 0.3) is 0 Å². The van der Waals surface area contributed by atoms with E-state index in [1.54, 1.807) is 11.3 Å². The molecule has 1 aromatic rings. The van der Waals surface area contributed by atoms with Crippen molar-refractivity contribution in [3.05, 3.63) is 22.4 Å². The molecule has 1 rings (SSSR count). The van der Waals surface area contributed by atoms with Crippen LogP contribution in [0.25, 0.3) is 0 Å². The lowest BCUT2D eigenvalue weighted by molar-refractivity contribution is 0.00352. The molecule has 0 aromatic carbocycles. The monoisotopic (exact) mass is 184 g/mol. The fourth-order valence-electron chi connectivity index (χ4n) is 1.21. The number of hydrogen-bond donors (Lipinski definition) is 1. The molecular weight excluding hydrogens is 168 g/mol. The van der Waals surface area contributed by atoms with Gasteiger partial charge in [0.2, 0.25) is 0 Å². The van der Waals surface area contributed by atoms with Crippen LogP contribution in [0, 0.1) is 5.92 Å². The Morgan fingerprint density at radius 3 is 2.75 bits per heavy atom. The maximum atomic E-state index is 10.2. The second-order valence-corrected chi connectivity index (χ2v) is 4.38. The summed E-state index contributed by atoms with van der Waals surface area (Å²) >= 11 is 1.62. The van der Waals surface area contributed by atoms with Gasteiger partial charge in [-0.2, -0.15) is 0 Å². The Kier molecular flexibility index (Phi) is 2.91. The Bertz CT molecular complexity index is 226. The third-order valence-corrected chi connectivity index (χ3v) is 3.69. The lowest BCUT2D eigenvalue weighted by atomic mass is 9.87. The van der Waals surface area contributed by atoms with Gasteiger partial charge in [0.1, 0.15) is 0 Å². The van der Waals surface area contributed by atoms with Crippen molar-refractivity contribution in [1.29, 1.82) is 0 Å². The van der Waals surface area contributed by atoms with Crippen molar-refractivity contribution in [1.82, 2.24) is 0 Å². The van der Waals surface area contributed by atoms with Crippen LogP contribution in [0.2, 0.25) is 0 Å². The Labute approximate surface area is 78.1 Å². The molecule has 1 heterocycles. The molecule has 0 aliphatic rings. The minimum absolute atomic E-state index is 0.316. The summed E-state index contributed by atoms with van der Waals surface area (Å²) in [6, 6.07) is 3.98. The molecule has 0 saturated carbocycles. The zero-order chi connectivity index (χ0) is 9.19. The molecule has 0 radical (unpaired) electrons. The van der Waals surface area contributed by atoms with Crippen LogP contribution in [0.4, 0.5) is 0 Å². The van der Waals surface area contributed by atoms with Crippen LogP contribution in [-0.4, -0.2) is 5.11 Å². The van der Waals surface area contributed by atoms with Crippen molar-refractivity contribution in [3.63, 3.8) is 0 Å². The van der Waals surface area contributed by atoms with Crippen LogP contribution < -0.4 is 0 Å². The summed E-state index contributed by atoms with van der Waals surface area (Å²) < 4.78 is 0. The van der Waals surface area contributed by atoms with Crippen LogP contribution in [0.5, 0.6) is 0 Å². The molecule has 0 bridgehead atoms. The molecular formula is C10H16OS. The number of hydrogen-bond acceptors (Lipinski definition) is 2. The van der Waals surface area contributed by atoms with E-state index in [9.17, 15) is 5.11 Å². The van der Waals surface area contributed by atoms with Gasteiger partial charge in [0.15, 0.2) is 0 Å². The van der Waals surface area contributed by atoms with E-state index in [-0.39, 0.29) is 0 Å². The second-order valence-electron chi connectivity index (χ2n) is 3.43. The van der Waals surface area contributed by atoms with E-state index >= 15 is 0 Å². The average molecular weight is 184 g/mol. The highest BCUT2D eigenvalue weighted by molar-refractivity contribution is 7.10. The highest BCUT2D eigenvalue weighted by Gasteiger charge is 2.29. The first-order chi connectivity index (χ1) is 5.59. The third-order valence-electron chi connectivity index (χ3n) is 2.59. The van der Waals surface area contributed by atoms with E-state index in [4.69, 9.17) is 0 Å². The van der Waals surface area contributed by atoms with E-state index in [2.05, 4.69) is 13.8 Å². The molecule has 12 heavy (non-hydrogen) atoms. The van der Waals surface area contributed by atoms with E-state index in [0.717, 1.165) is 11.3 Å². The Hall–Kier alpha value is -0.340. The van der Waals surface area contributed by atoms with E-state index in [1.165, 1.54) is 0 Å². The summed E-state index contributed by atoms with van der Waals surface area (Å²) in [7, 11) is 0. The van der Waals surface area contributed by atoms with Gasteiger partial charge < -0.3 is 5.11 Å². The van der Waals surface area contributed by atoms with Crippen molar-refractivity contribution < 1.29 is 5.11 Å². The predicted octanol–water partition coefficient (Wildman–Crippen LogP) is 3.00. The molecule has 68 valence electrons. The first-order valence-electron chi connectivity index (χ1n) is 4.35. The fourth-order valence-corrected chi connectivity index (χ4v) is 2.11. The lowest BCUT2D eigenvalue weighted by Gasteiger charge is -2.28. The summed E-state index contributed by atoms with van der Waals surface area (Å²) in [4.78, 5) is 1.07. The lowest BCUT2D eigenvalue weighted by Crippen LogP contribution is -2.28. The van der Waals surface area contributed by atoms with Gasteiger partial charge in [-0.05, 0) is 24.3 Å². The van der Waals surface area contributed by atoms with Crippen molar-refractivity contribution in [3.8, 4) is 0 Å². The molecule has 0 aliphatic carbocycles. The van der Waals surface area contributed by atoms with Gasteiger partial charge in [-0.15, -0.1) is 11.3 Å². The SMILES string of the molecule is CCC(C)C(C)(O)c1cccs1. The minimum Gasteiger partial charge on any atom is -0.384 e. The molecule has 2 heteroatoms. The van der Waals surface area contributed by atoms with Crippen molar-refractivity contribution in [2.75, 3.05) is 0 Å². The number of thiophene rings is 1. The molecule has 0 amide bonds. The van der Waals surface area contributed by atoms with Crippen LogP contribution >= 0.6 is 11.3 Å². The quantitative estimate of drug-likeness (QED) is 0.765. The van der Waals surface area contributed by atoms with Gasteiger partial charge in [-0.3, -0.25) is 0 Å². The van der Waals surface area contributed by atoms with Gasteiger partial charge in [-0.25, -0.2) is 0 Å². The van der Waals surface area contributed by atoms with Gasteiger partial charge in [-0.1, -0.05) is 26.3 Å². The first kappa shape index (κ1) is 9.75. The van der Waals surface area contributed by atoms with Crippen LogP contribution in [0.3, 0.4) is 0 Å². The maximum Gasteiger partial charge on any atom is 0.0985 e. The molecule has 1 N–H and O–H groups in total. The molecule has 1 aromatic heterocycles. The van der Waals surface area contributed by atoms with Gasteiger partial charge >= 0.3 is 0 Å². The predicted molar refractivity (Wildman–Crippen MR) is 53.3 cm³/mol. The molecule has 0 aliphatic heterocycles. The molecule has 1 nitrogen and oxygen atoms in total. The fraction of sp³-hybridized carbons (Fsp3) is 0.600. The van der Waals surface area contributed by atoms with Crippen molar-refractivity contribution in [2.45, 2.75) is 32.8 Å². The Morgan fingerprint density at radius 2 is 2.33 bits per heavy atom. The van der Waals surface area contributed by atoms with Crippen LogP contribution in [-0.2, 0) is 5.60 Å². The minimum atomic E-state index is -0.650. The highest BCUT2D eigenvalue weighted by Crippen LogP contribution is 2.33. The van der Waals surface area contributed by atoms with Crippen LogP contribution in [0.1, 0.15) is 32.1 Å². The number of aliphatic hydroxyl groups is 1. The smallest absolute Gasteiger partial charge is 0.0985 e. The summed E-state index contributed by atoms with van der Waals surface area (Å²) in [5.74, 6) is 0.316. The second kappa shape index (κ2) is 3.58. The third kappa shape index (κ3) is 1.70. The largest absolute Gasteiger partial charge is 0.384 e.